The molecule has 18 heavy (non-hydrogen) atoms. The summed E-state index contributed by atoms with van der Waals surface area (Å²) in [5.41, 5.74) is 0. The fourth-order valence-corrected chi connectivity index (χ4v) is 4.02. The summed E-state index contributed by atoms with van der Waals surface area (Å²) >= 11 is 8.01. The van der Waals surface area contributed by atoms with Gasteiger partial charge in [-0.1, -0.05) is 25.4 Å². The summed E-state index contributed by atoms with van der Waals surface area (Å²) in [5, 5.41) is 6.03. The molecule has 2 nitrogen and oxygen atoms in total. The van der Waals surface area contributed by atoms with Crippen molar-refractivity contribution in [1.29, 1.82) is 0 Å². The fraction of sp³-hybridized carbons (Fsp3) is 0.643. The Balaban J connectivity index is 1.93. The Morgan fingerprint density at radius 2 is 2.33 bits per heavy atom. The van der Waals surface area contributed by atoms with Crippen LogP contribution in [0.25, 0.3) is 0 Å². The zero-order valence-corrected chi connectivity index (χ0v) is 12.6. The molecule has 0 spiro atoms. The molecular formula is C14H21ClN2S. The van der Waals surface area contributed by atoms with E-state index in [2.05, 4.69) is 24.1 Å². The van der Waals surface area contributed by atoms with Crippen molar-refractivity contribution in [2.45, 2.75) is 49.4 Å². The van der Waals surface area contributed by atoms with Gasteiger partial charge in [0.2, 0.25) is 0 Å². The number of hydrogen-bond acceptors (Lipinski definition) is 3. The predicted molar refractivity (Wildman–Crippen MR) is 79.4 cm³/mol. The summed E-state index contributed by atoms with van der Waals surface area (Å²) < 4.78 is 0. The number of aromatic nitrogens is 1. The van der Waals surface area contributed by atoms with Crippen molar-refractivity contribution in [3.05, 3.63) is 23.4 Å². The molecule has 0 aliphatic heterocycles. The standard InChI is InChI=1S/C14H21ClN2S/c1-3-8-16-12-6-7-13(10(12)2)18-14-11(15)5-4-9-17-14/h4-5,9-10,12-13,16H,3,6-8H2,1-2H3. The lowest BCUT2D eigenvalue weighted by Crippen LogP contribution is -2.33. The van der Waals surface area contributed by atoms with Crippen molar-refractivity contribution in [3.63, 3.8) is 0 Å². The normalized spacial score (nSPS) is 27.6. The van der Waals surface area contributed by atoms with Crippen LogP contribution in [0.15, 0.2) is 23.4 Å². The second kappa shape index (κ2) is 6.78. The summed E-state index contributed by atoms with van der Waals surface area (Å²) in [5.74, 6) is 0.680. The monoisotopic (exact) mass is 284 g/mol. The fourth-order valence-electron chi connectivity index (χ4n) is 2.51. The highest BCUT2D eigenvalue weighted by atomic mass is 35.5. The molecule has 1 N–H and O–H groups in total. The van der Waals surface area contributed by atoms with Crippen LogP contribution in [0.5, 0.6) is 0 Å². The lowest BCUT2D eigenvalue weighted by Gasteiger charge is -2.21. The van der Waals surface area contributed by atoms with E-state index in [0.29, 0.717) is 17.2 Å². The van der Waals surface area contributed by atoms with Crippen LogP contribution < -0.4 is 5.32 Å². The molecule has 0 aromatic carbocycles. The minimum Gasteiger partial charge on any atom is -0.314 e. The quantitative estimate of drug-likeness (QED) is 0.885. The SMILES string of the molecule is CCCNC1CCC(Sc2ncccc2Cl)C1C. The molecule has 1 fully saturated rings. The number of rotatable bonds is 5. The third-order valence-electron chi connectivity index (χ3n) is 3.63. The van der Waals surface area contributed by atoms with Crippen molar-refractivity contribution in [2.75, 3.05) is 6.54 Å². The summed E-state index contributed by atoms with van der Waals surface area (Å²) in [7, 11) is 0. The van der Waals surface area contributed by atoms with Crippen LogP contribution in [0, 0.1) is 5.92 Å². The Kier molecular flexibility index (Phi) is 5.34. The number of thioether (sulfide) groups is 1. The van der Waals surface area contributed by atoms with Gasteiger partial charge < -0.3 is 5.32 Å². The molecule has 3 unspecified atom stereocenters. The first-order valence-corrected chi connectivity index (χ1v) is 7.98. The van der Waals surface area contributed by atoms with Gasteiger partial charge in [-0.05, 0) is 43.9 Å². The van der Waals surface area contributed by atoms with Crippen LogP contribution in [0.3, 0.4) is 0 Å². The largest absolute Gasteiger partial charge is 0.314 e. The lowest BCUT2D eigenvalue weighted by molar-refractivity contribution is 0.431. The van der Waals surface area contributed by atoms with Crippen molar-refractivity contribution in [1.82, 2.24) is 10.3 Å². The van der Waals surface area contributed by atoms with Gasteiger partial charge in [0.25, 0.3) is 0 Å². The van der Waals surface area contributed by atoms with Crippen molar-refractivity contribution in [2.24, 2.45) is 5.92 Å². The van der Waals surface area contributed by atoms with Gasteiger partial charge >= 0.3 is 0 Å². The first-order valence-electron chi connectivity index (χ1n) is 6.73. The van der Waals surface area contributed by atoms with Crippen LogP contribution in [0.4, 0.5) is 0 Å². The third kappa shape index (κ3) is 3.40. The molecule has 1 aliphatic carbocycles. The zero-order valence-electron chi connectivity index (χ0n) is 11.0. The minimum atomic E-state index is 0.631. The molecular weight excluding hydrogens is 264 g/mol. The van der Waals surface area contributed by atoms with E-state index >= 15 is 0 Å². The van der Waals surface area contributed by atoms with Crippen molar-refractivity contribution >= 4 is 23.4 Å². The molecule has 2 rings (SSSR count). The summed E-state index contributed by atoms with van der Waals surface area (Å²) in [6, 6.07) is 4.46. The Morgan fingerprint density at radius 1 is 1.50 bits per heavy atom. The zero-order chi connectivity index (χ0) is 13.0. The topological polar surface area (TPSA) is 24.9 Å². The molecule has 4 heteroatoms. The van der Waals surface area contributed by atoms with Gasteiger partial charge in [-0.2, -0.15) is 0 Å². The first-order chi connectivity index (χ1) is 8.72. The highest BCUT2D eigenvalue weighted by Crippen LogP contribution is 2.40. The molecule has 0 saturated heterocycles. The van der Waals surface area contributed by atoms with Gasteiger partial charge in [0, 0.05) is 17.5 Å². The third-order valence-corrected chi connectivity index (χ3v) is 5.56. The van der Waals surface area contributed by atoms with Gasteiger partial charge in [0.15, 0.2) is 0 Å². The van der Waals surface area contributed by atoms with E-state index in [1.807, 2.05) is 30.1 Å². The second-order valence-electron chi connectivity index (χ2n) is 4.94. The molecule has 0 bridgehead atoms. The molecule has 1 heterocycles. The van der Waals surface area contributed by atoms with Crippen molar-refractivity contribution in [3.8, 4) is 0 Å². The smallest absolute Gasteiger partial charge is 0.115 e. The van der Waals surface area contributed by atoms with Crippen molar-refractivity contribution < 1.29 is 0 Å². The molecule has 0 amide bonds. The average Bonchev–Trinajstić information content (AvgIpc) is 2.71. The highest BCUT2D eigenvalue weighted by molar-refractivity contribution is 8.00. The van der Waals surface area contributed by atoms with Crippen LogP contribution >= 0.6 is 23.4 Å². The van der Waals surface area contributed by atoms with Crippen LogP contribution in [0.1, 0.15) is 33.1 Å². The van der Waals surface area contributed by atoms with E-state index in [4.69, 9.17) is 11.6 Å². The van der Waals surface area contributed by atoms with Crippen LogP contribution in [0.2, 0.25) is 5.02 Å². The molecule has 1 aromatic heterocycles. The number of hydrogen-bond donors (Lipinski definition) is 1. The maximum atomic E-state index is 6.17. The second-order valence-corrected chi connectivity index (χ2v) is 6.58. The minimum absolute atomic E-state index is 0.631. The van der Waals surface area contributed by atoms with Gasteiger partial charge in [0.05, 0.1) is 5.02 Å². The van der Waals surface area contributed by atoms with Crippen LogP contribution in [-0.2, 0) is 0 Å². The molecule has 3 atom stereocenters. The van der Waals surface area contributed by atoms with Crippen LogP contribution in [-0.4, -0.2) is 22.8 Å². The molecule has 100 valence electrons. The Hall–Kier alpha value is -0.250. The number of nitrogens with one attached hydrogen (secondary N) is 1. The maximum absolute atomic E-state index is 6.17. The van der Waals surface area contributed by atoms with Gasteiger partial charge in [-0.3, -0.25) is 0 Å². The van der Waals surface area contributed by atoms with E-state index in [0.717, 1.165) is 16.6 Å². The number of pyridine rings is 1. The Bertz CT molecular complexity index is 386. The molecule has 1 saturated carbocycles. The average molecular weight is 285 g/mol. The molecule has 0 radical (unpaired) electrons. The number of halogens is 1. The van der Waals surface area contributed by atoms with Gasteiger partial charge in [-0.15, -0.1) is 11.8 Å². The van der Waals surface area contributed by atoms with E-state index in [9.17, 15) is 0 Å². The maximum Gasteiger partial charge on any atom is 0.115 e. The molecule has 1 aliphatic rings. The predicted octanol–water partition coefficient (Wildman–Crippen LogP) is 3.99. The van der Waals surface area contributed by atoms with E-state index in [1.54, 1.807) is 0 Å². The number of nitrogens with zero attached hydrogens (tertiary/aromatic N) is 1. The summed E-state index contributed by atoms with van der Waals surface area (Å²) in [4.78, 5) is 4.37. The Morgan fingerprint density at radius 3 is 3.06 bits per heavy atom. The molecule has 1 aromatic rings. The highest BCUT2D eigenvalue weighted by Gasteiger charge is 2.33. The summed E-state index contributed by atoms with van der Waals surface area (Å²) in [6.45, 7) is 5.68. The van der Waals surface area contributed by atoms with E-state index in [1.165, 1.54) is 19.3 Å². The summed E-state index contributed by atoms with van der Waals surface area (Å²) in [6.07, 6.45) is 5.54. The van der Waals surface area contributed by atoms with E-state index < -0.39 is 0 Å². The van der Waals surface area contributed by atoms with Gasteiger partial charge in [-0.25, -0.2) is 4.98 Å². The first kappa shape index (κ1) is 14.2. The van der Waals surface area contributed by atoms with E-state index in [-0.39, 0.29) is 0 Å². The van der Waals surface area contributed by atoms with Gasteiger partial charge in [0.1, 0.15) is 5.03 Å². The lowest BCUT2D eigenvalue weighted by atomic mass is 10.1. The Labute approximate surface area is 119 Å².